The molecule has 6 aromatic carbocycles. The Bertz CT molecular complexity index is 2460. The molecule has 0 radical (unpaired) electrons. The molecule has 0 fully saturated rings. The van der Waals surface area contributed by atoms with E-state index in [1.54, 1.807) is 0 Å². The van der Waals surface area contributed by atoms with E-state index in [2.05, 4.69) is 155 Å². The summed E-state index contributed by atoms with van der Waals surface area (Å²) >= 11 is 0. The van der Waals surface area contributed by atoms with E-state index in [4.69, 9.17) is 4.98 Å². The minimum Gasteiger partial charge on any atom is -0.309 e. The second-order valence-electron chi connectivity index (χ2n) is 10.8. The van der Waals surface area contributed by atoms with E-state index in [1.165, 1.54) is 43.4 Å². The van der Waals surface area contributed by atoms with E-state index in [9.17, 15) is 0 Å². The highest BCUT2D eigenvalue weighted by Crippen LogP contribution is 2.42. The van der Waals surface area contributed by atoms with Gasteiger partial charge in [0.2, 0.25) is 0 Å². The molecule has 0 unspecified atom stereocenters. The van der Waals surface area contributed by atoms with Crippen LogP contribution in [0, 0.1) is 0 Å². The van der Waals surface area contributed by atoms with Gasteiger partial charge in [0.25, 0.3) is 0 Å². The molecule has 0 amide bonds. The summed E-state index contributed by atoms with van der Waals surface area (Å²) < 4.78 is 4.77. The number of hydrogen-bond donors (Lipinski definition) is 0. The van der Waals surface area contributed by atoms with Crippen molar-refractivity contribution in [2.45, 2.75) is 0 Å². The molecule has 42 heavy (non-hydrogen) atoms. The molecule has 9 rings (SSSR count). The molecule has 0 spiro atoms. The molecular formula is C39H25N3. The van der Waals surface area contributed by atoms with Gasteiger partial charge in [-0.3, -0.25) is 4.57 Å². The average molecular weight is 536 g/mol. The monoisotopic (exact) mass is 535 g/mol. The van der Waals surface area contributed by atoms with Gasteiger partial charge in [0.15, 0.2) is 0 Å². The number of benzene rings is 6. The number of aromatic nitrogens is 3. The molecule has 3 heteroatoms. The maximum Gasteiger partial charge on any atom is 0.138 e. The first-order valence-electron chi connectivity index (χ1n) is 14.3. The molecule has 0 atom stereocenters. The van der Waals surface area contributed by atoms with Crippen molar-refractivity contribution in [1.29, 1.82) is 0 Å². The van der Waals surface area contributed by atoms with Crippen molar-refractivity contribution >= 4 is 54.4 Å². The molecule has 9 aromatic rings. The summed E-state index contributed by atoms with van der Waals surface area (Å²) in [5, 5.41) is 7.43. The standard InChI is InChI=1S/C39H25N3/c1-2-12-27(13-3-1)33-17-10-20-37(40-33)42-35-19-9-7-16-32(35)38-36(42)24-23-31-30-15-6-8-18-34(30)41(39(31)38)29-22-21-26-11-4-5-14-28(26)25-29/h1-25H. The summed E-state index contributed by atoms with van der Waals surface area (Å²) in [6, 6.07) is 54.1. The summed E-state index contributed by atoms with van der Waals surface area (Å²) in [5.74, 6) is 0.912. The normalized spacial score (nSPS) is 11.8. The largest absolute Gasteiger partial charge is 0.309 e. The van der Waals surface area contributed by atoms with Gasteiger partial charge in [0.1, 0.15) is 5.82 Å². The van der Waals surface area contributed by atoms with Crippen LogP contribution in [0.1, 0.15) is 0 Å². The van der Waals surface area contributed by atoms with E-state index < -0.39 is 0 Å². The van der Waals surface area contributed by atoms with Crippen molar-refractivity contribution in [3.63, 3.8) is 0 Å². The fraction of sp³-hybridized carbons (Fsp3) is 0. The van der Waals surface area contributed by atoms with Crippen LogP contribution in [0.3, 0.4) is 0 Å². The third kappa shape index (κ3) is 3.31. The van der Waals surface area contributed by atoms with Gasteiger partial charge < -0.3 is 4.57 Å². The Morgan fingerprint density at radius 1 is 0.429 bits per heavy atom. The van der Waals surface area contributed by atoms with Gasteiger partial charge in [-0.25, -0.2) is 4.98 Å². The van der Waals surface area contributed by atoms with Crippen LogP contribution in [-0.4, -0.2) is 14.1 Å². The first-order chi connectivity index (χ1) is 20.8. The molecule has 0 N–H and O–H groups in total. The number of para-hydroxylation sites is 2. The van der Waals surface area contributed by atoms with Crippen LogP contribution < -0.4 is 0 Å². The van der Waals surface area contributed by atoms with Crippen LogP contribution in [0.25, 0.3) is 77.1 Å². The zero-order valence-corrected chi connectivity index (χ0v) is 22.8. The van der Waals surface area contributed by atoms with Crippen LogP contribution in [0.2, 0.25) is 0 Å². The Hall–Kier alpha value is -5.67. The van der Waals surface area contributed by atoms with Crippen molar-refractivity contribution in [2.75, 3.05) is 0 Å². The maximum atomic E-state index is 5.18. The van der Waals surface area contributed by atoms with Gasteiger partial charge in [-0.15, -0.1) is 0 Å². The summed E-state index contributed by atoms with van der Waals surface area (Å²) in [6.45, 7) is 0. The Morgan fingerprint density at radius 3 is 2.00 bits per heavy atom. The quantitative estimate of drug-likeness (QED) is 0.221. The molecule has 0 saturated carbocycles. The lowest BCUT2D eigenvalue weighted by atomic mass is 10.1. The van der Waals surface area contributed by atoms with Gasteiger partial charge in [-0.05, 0) is 53.2 Å². The van der Waals surface area contributed by atoms with Crippen LogP contribution in [0.15, 0.2) is 152 Å². The van der Waals surface area contributed by atoms with Crippen LogP contribution in [-0.2, 0) is 0 Å². The van der Waals surface area contributed by atoms with Gasteiger partial charge in [0.05, 0.1) is 27.8 Å². The van der Waals surface area contributed by atoms with E-state index in [0.29, 0.717) is 0 Å². The van der Waals surface area contributed by atoms with Gasteiger partial charge in [-0.2, -0.15) is 0 Å². The highest BCUT2D eigenvalue weighted by Gasteiger charge is 2.21. The molecule has 3 heterocycles. The molecule has 0 bridgehead atoms. The first kappa shape index (κ1) is 23.1. The Morgan fingerprint density at radius 2 is 1.14 bits per heavy atom. The lowest BCUT2D eigenvalue weighted by molar-refractivity contribution is 1.08. The minimum absolute atomic E-state index is 0.912. The fourth-order valence-electron chi connectivity index (χ4n) is 6.66. The van der Waals surface area contributed by atoms with Crippen LogP contribution >= 0.6 is 0 Å². The SMILES string of the molecule is c1ccc(-c2cccc(-n3c4ccccc4c4c3ccc3c5ccccc5n(-c5ccc6ccccc6c5)c34)n2)cc1. The number of rotatable bonds is 3. The Kier molecular flexibility index (Phi) is 4.90. The molecule has 0 aliphatic heterocycles. The smallest absolute Gasteiger partial charge is 0.138 e. The molecule has 196 valence electrons. The molecule has 0 aliphatic rings. The van der Waals surface area contributed by atoms with E-state index in [-0.39, 0.29) is 0 Å². The average Bonchev–Trinajstić information content (AvgIpc) is 3.58. The summed E-state index contributed by atoms with van der Waals surface area (Å²) in [7, 11) is 0. The van der Waals surface area contributed by atoms with Gasteiger partial charge in [0, 0.05) is 32.8 Å². The number of nitrogens with zero attached hydrogens (tertiary/aromatic N) is 3. The van der Waals surface area contributed by atoms with E-state index >= 15 is 0 Å². The van der Waals surface area contributed by atoms with Gasteiger partial charge >= 0.3 is 0 Å². The first-order valence-corrected chi connectivity index (χ1v) is 14.3. The molecular weight excluding hydrogens is 510 g/mol. The molecule has 3 aromatic heterocycles. The molecule has 3 nitrogen and oxygen atoms in total. The third-order valence-electron chi connectivity index (χ3n) is 8.49. The zero-order chi connectivity index (χ0) is 27.6. The Labute approximate surface area is 242 Å². The zero-order valence-electron chi connectivity index (χ0n) is 22.8. The molecule has 0 aliphatic carbocycles. The summed E-state index contributed by atoms with van der Waals surface area (Å²) in [4.78, 5) is 5.18. The second kappa shape index (κ2) is 8.92. The van der Waals surface area contributed by atoms with Crippen molar-refractivity contribution in [2.24, 2.45) is 0 Å². The summed E-state index contributed by atoms with van der Waals surface area (Å²) in [5.41, 5.74) is 7.95. The predicted molar refractivity (Wildman–Crippen MR) is 176 cm³/mol. The third-order valence-corrected chi connectivity index (χ3v) is 8.49. The highest BCUT2D eigenvalue weighted by atomic mass is 15.1. The maximum absolute atomic E-state index is 5.18. The lowest BCUT2D eigenvalue weighted by Crippen LogP contribution is -1.98. The predicted octanol–water partition coefficient (Wildman–Crippen LogP) is 10.1. The number of fused-ring (bicyclic) bond motifs is 8. The molecule has 0 saturated heterocycles. The van der Waals surface area contributed by atoms with Crippen molar-refractivity contribution in [3.05, 3.63) is 152 Å². The van der Waals surface area contributed by atoms with Crippen LogP contribution in [0.5, 0.6) is 0 Å². The lowest BCUT2D eigenvalue weighted by Gasteiger charge is -2.11. The van der Waals surface area contributed by atoms with E-state index in [0.717, 1.165) is 33.8 Å². The fourth-order valence-corrected chi connectivity index (χ4v) is 6.66. The topological polar surface area (TPSA) is 22.8 Å². The van der Waals surface area contributed by atoms with E-state index in [1.807, 2.05) is 6.07 Å². The van der Waals surface area contributed by atoms with Gasteiger partial charge in [-0.1, -0.05) is 109 Å². The summed E-state index contributed by atoms with van der Waals surface area (Å²) in [6.07, 6.45) is 0. The number of pyridine rings is 1. The van der Waals surface area contributed by atoms with Crippen molar-refractivity contribution in [3.8, 4) is 22.8 Å². The van der Waals surface area contributed by atoms with Crippen molar-refractivity contribution in [1.82, 2.24) is 14.1 Å². The minimum atomic E-state index is 0.912. The van der Waals surface area contributed by atoms with Crippen LogP contribution in [0.4, 0.5) is 0 Å². The second-order valence-corrected chi connectivity index (χ2v) is 10.8. The van der Waals surface area contributed by atoms with Crippen molar-refractivity contribution < 1.29 is 0 Å². The highest BCUT2D eigenvalue weighted by molar-refractivity contribution is 6.26. The number of hydrogen-bond acceptors (Lipinski definition) is 1. The Balaban J connectivity index is 1.42.